The number of hydrogen-bond donors (Lipinski definition) is 1. The lowest BCUT2D eigenvalue weighted by Crippen LogP contribution is -2.19. The molecule has 3 nitrogen and oxygen atoms in total. The van der Waals surface area contributed by atoms with Gasteiger partial charge in [0.05, 0.1) is 0 Å². The van der Waals surface area contributed by atoms with E-state index in [-0.39, 0.29) is 5.91 Å². The number of nitrogens with one attached hydrogen (secondary N) is 1. The first kappa shape index (κ1) is 11.3. The number of amides is 1. The standard InChI is InChI=1S/C14H14N2O/c1-15-14(17)13-9-5-8-12(16-13)10-11-6-3-2-4-7-11/h2-9H,10H2,1H3,(H,15,17). The summed E-state index contributed by atoms with van der Waals surface area (Å²) < 4.78 is 0. The highest BCUT2D eigenvalue weighted by Gasteiger charge is 2.05. The Hall–Kier alpha value is -2.16. The molecule has 0 aliphatic carbocycles. The molecule has 0 aliphatic heterocycles. The Kier molecular flexibility index (Phi) is 3.50. The van der Waals surface area contributed by atoms with Crippen molar-refractivity contribution in [3.63, 3.8) is 0 Å². The van der Waals surface area contributed by atoms with Gasteiger partial charge in [-0.25, -0.2) is 4.98 Å². The Balaban J connectivity index is 2.20. The van der Waals surface area contributed by atoms with Crippen LogP contribution in [-0.4, -0.2) is 17.9 Å². The van der Waals surface area contributed by atoms with Crippen molar-refractivity contribution in [1.29, 1.82) is 0 Å². The van der Waals surface area contributed by atoms with Crippen molar-refractivity contribution in [3.05, 3.63) is 65.5 Å². The highest BCUT2D eigenvalue weighted by Crippen LogP contribution is 2.07. The second-order valence-electron chi connectivity index (χ2n) is 3.76. The van der Waals surface area contributed by atoms with Gasteiger partial charge in [0, 0.05) is 19.2 Å². The lowest BCUT2D eigenvalue weighted by Gasteiger charge is -2.03. The largest absolute Gasteiger partial charge is 0.354 e. The van der Waals surface area contributed by atoms with Gasteiger partial charge in [-0.05, 0) is 17.7 Å². The molecule has 1 amide bonds. The number of carbonyl (C=O) groups excluding carboxylic acids is 1. The number of rotatable bonds is 3. The predicted octanol–water partition coefficient (Wildman–Crippen LogP) is 2.03. The summed E-state index contributed by atoms with van der Waals surface area (Å²) in [4.78, 5) is 15.8. The summed E-state index contributed by atoms with van der Waals surface area (Å²) in [6.07, 6.45) is 0.742. The average Bonchev–Trinajstić information content (AvgIpc) is 2.39. The zero-order valence-electron chi connectivity index (χ0n) is 9.68. The molecule has 0 atom stereocenters. The van der Waals surface area contributed by atoms with Crippen LogP contribution in [0.3, 0.4) is 0 Å². The van der Waals surface area contributed by atoms with Crippen LogP contribution in [0.15, 0.2) is 48.5 Å². The van der Waals surface area contributed by atoms with Gasteiger partial charge in [0.25, 0.3) is 5.91 Å². The molecule has 2 rings (SSSR count). The molecule has 3 heteroatoms. The van der Waals surface area contributed by atoms with Gasteiger partial charge in [-0.2, -0.15) is 0 Å². The minimum absolute atomic E-state index is 0.153. The van der Waals surface area contributed by atoms with Crippen molar-refractivity contribution in [1.82, 2.24) is 10.3 Å². The first-order valence-electron chi connectivity index (χ1n) is 5.51. The zero-order chi connectivity index (χ0) is 12.1. The Bertz CT molecular complexity index is 509. The van der Waals surface area contributed by atoms with Crippen molar-refractivity contribution < 1.29 is 4.79 Å². The van der Waals surface area contributed by atoms with Crippen molar-refractivity contribution in [2.24, 2.45) is 0 Å². The van der Waals surface area contributed by atoms with Crippen LogP contribution in [0.5, 0.6) is 0 Å². The number of benzene rings is 1. The van der Waals surface area contributed by atoms with E-state index >= 15 is 0 Å². The first-order chi connectivity index (χ1) is 8.29. The minimum Gasteiger partial charge on any atom is -0.354 e. The van der Waals surface area contributed by atoms with Crippen LogP contribution in [0.4, 0.5) is 0 Å². The third-order valence-corrected chi connectivity index (χ3v) is 2.49. The lowest BCUT2D eigenvalue weighted by atomic mass is 10.1. The smallest absolute Gasteiger partial charge is 0.269 e. The van der Waals surface area contributed by atoms with Crippen LogP contribution in [-0.2, 0) is 6.42 Å². The number of pyridine rings is 1. The number of nitrogens with zero attached hydrogens (tertiary/aromatic N) is 1. The van der Waals surface area contributed by atoms with E-state index in [1.807, 2.05) is 42.5 Å². The first-order valence-corrected chi connectivity index (χ1v) is 5.51. The molecular formula is C14H14N2O. The second kappa shape index (κ2) is 5.25. The van der Waals surface area contributed by atoms with Gasteiger partial charge in [-0.1, -0.05) is 36.4 Å². The van der Waals surface area contributed by atoms with Crippen LogP contribution in [0.2, 0.25) is 0 Å². The summed E-state index contributed by atoms with van der Waals surface area (Å²) in [5.74, 6) is -0.153. The van der Waals surface area contributed by atoms with Crippen molar-refractivity contribution >= 4 is 5.91 Å². The molecule has 17 heavy (non-hydrogen) atoms. The average molecular weight is 226 g/mol. The SMILES string of the molecule is CNC(=O)c1cccc(Cc2ccccc2)n1. The molecule has 1 aromatic carbocycles. The predicted molar refractivity (Wildman–Crippen MR) is 66.9 cm³/mol. The number of carbonyl (C=O) groups is 1. The summed E-state index contributed by atoms with van der Waals surface area (Å²) in [7, 11) is 1.61. The molecule has 2 aromatic rings. The molecule has 1 N–H and O–H groups in total. The summed E-state index contributed by atoms with van der Waals surface area (Å²) >= 11 is 0. The van der Waals surface area contributed by atoms with Gasteiger partial charge in [0.2, 0.25) is 0 Å². The van der Waals surface area contributed by atoms with E-state index < -0.39 is 0 Å². The molecule has 86 valence electrons. The van der Waals surface area contributed by atoms with Gasteiger partial charge < -0.3 is 5.32 Å². The molecule has 0 saturated carbocycles. The van der Waals surface area contributed by atoms with Crippen molar-refractivity contribution in [2.45, 2.75) is 6.42 Å². The molecule has 0 spiro atoms. The number of hydrogen-bond acceptors (Lipinski definition) is 2. The number of aromatic nitrogens is 1. The monoisotopic (exact) mass is 226 g/mol. The van der Waals surface area contributed by atoms with Crippen LogP contribution >= 0.6 is 0 Å². The lowest BCUT2D eigenvalue weighted by molar-refractivity contribution is 0.0958. The molecule has 0 saturated heterocycles. The summed E-state index contributed by atoms with van der Waals surface area (Å²) in [5.41, 5.74) is 2.55. The van der Waals surface area contributed by atoms with Gasteiger partial charge in [-0.15, -0.1) is 0 Å². The van der Waals surface area contributed by atoms with E-state index in [1.165, 1.54) is 5.56 Å². The highest BCUT2D eigenvalue weighted by molar-refractivity contribution is 5.91. The van der Waals surface area contributed by atoms with E-state index in [1.54, 1.807) is 13.1 Å². The maximum absolute atomic E-state index is 11.4. The van der Waals surface area contributed by atoms with Gasteiger partial charge in [0.1, 0.15) is 5.69 Å². The molecule has 0 radical (unpaired) electrons. The van der Waals surface area contributed by atoms with Gasteiger partial charge in [-0.3, -0.25) is 4.79 Å². The zero-order valence-corrected chi connectivity index (χ0v) is 9.68. The summed E-state index contributed by atoms with van der Waals surface area (Å²) in [6.45, 7) is 0. The summed E-state index contributed by atoms with van der Waals surface area (Å²) in [5, 5.41) is 2.57. The maximum Gasteiger partial charge on any atom is 0.269 e. The van der Waals surface area contributed by atoms with E-state index in [9.17, 15) is 4.79 Å². The van der Waals surface area contributed by atoms with Crippen LogP contribution in [0.1, 0.15) is 21.7 Å². The van der Waals surface area contributed by atoms with E-state index in [4.69, 9.17) is 0 Å². The summed E-state index contributed by atoms with van der Waals surface area (Å²) in [6, 6.07) is 15.6. The van der Waals surface area contributed by atoms with Gasteiger partial charge >= 0.3 is 0 Å². The minimum atomic E-state index is -0.153. The van der Waals surface area contributed by atoms with Crippen molar-refractivity contribution in [2.75, 3.05) is 7.05 Å². The quantitative estimate of drug-likeness (QED) is 0.870. The Labute approximate surface area is 101 Å². The van der Waals surface area contributed by atoms with Crippen molar-refractivity contribution in [3.8, 4) is 0 Å². The molecule has 1 heterocycles. The van der Waals surface area contributed by atoms with Gasteiger partial charge in [0.15, 0.2) is 0 Å². The van der Waals surface area contributed by atoms with Crippen LogP contribution in [0, 0.1) is 0 Å². The molecule has 0 bridgehead atoms. The molecule has 0 unspecified atom stereocenters. The van der Waals surface area contributed by atoms with Crippen LogP contribution < -0.4 is 5.32 Å². The molecule has 0 fully saturated rings. The Morgan fingerprint density at radius 3 is 2.59 bits per heavy atom. The normalized spacial score (nSPS) is 9.94. The molecular weight excluding hydrogens is 212 g/mol. The second-order valence-corrected chi connectivity index (χ2v) is 3.76. The molecule has 1 aromatic heterocycles. The van der Waals surface area contributed by atoms with E-state index in [2.05, 4.69) is 10.3 Å². The fourth-order valence-corrected chi connectivity index (χ4v) is 1.64. The Morgan fingerprint density at radius 1 is 1.12 bits per heavy atom. The van der Waals surface area contributed by atoms with E-state index in [0.717, 1.165) is 12.1 Å². The fourth-order valence-electron chi connectivity index (χ4n) is 1.64. The molecule has 0 aliphatic rings. The Morgan fingerprint density at radius 2 is 1.88 bits per heavy atom. The maximum atomic E-state index is 11.4. The third kappa shape index (κ3) is 2.91. The van der Waals surface area contributed by atoms with E-state index in [0.29, 0.717) is 5.69 Å². The van der Waals surface area contributed by atoms with Crippen LogP contribution in [0.25, 0.3) is 0 Å². The third-order valence-electron chi connectivity index (χ3n) is 2.49. The fraction of sp³-hybridized carbons (Fsp3) is 0.143. The highest BCUT2D eigenvalue weighted by atomic mass is 16.1. The topological polar surface area (TPSA) is 42.0 Å².